The Balaban J connectivity index is 1.80. The number of carbonyl (C=O) groups is 1. The van der Waals surface area contributed by atoms with Gasteiger partial charge in [0.2, 0.25) is 0 Å². The van der Waals surface area contributed by atoms with Gasteiger partial charge >= 0.3 is 0 Å². The van der Waals surface area contributed by atoms with Gasteiger partial charge in [-0.05, 0) is 19.1 Å². The Bertz CT molecular complexity index is 677. The van der Waals surface area contributed by atoms with E-state index in [4.69, 9.17) is 9.15 Å². The Hall–Kier alpha value is -2.12. The Morgan fingerprint density at radius 3 is 3.09 bits per heavy atom. The molecule has 3 heterocycles. The molecule has 2 aromatic heterocycles. The van der Waals surface area contributed by atoms with Gasteiger partial charge in [0.25, 0.3) is 5.91 Å². The number of aromatic nitrogens is 2. The Kier molecular flexibility index (Phi) is 4.78. The second kappa shape index (κ2) is 6.97. The lowest BCUT2D eigenvalue weighted by molar-refractivity contribution is 0.0658. The van der Waals surface area contributed by atoms with Crippen molar-refractivity contribution in [1.29, 1.82) is 0 Å². The maximum absolute atomic E-state index is 12.9. The number of amides is 1. The van der Waals surface area contributed by atoms with Crippen LogP contribution in [-0.2, 0) is 24.2 Å². The zero-order chi connectivity index (χ0) is 16.2. The number of furan rings is 1. The molecule has 0 fully saturated rings. The second-order valence-electron chi connectivity index (χ2n) is 5.69. The summed E-state index contributed by atoms with van der Waals surface area (Å²) in [5.41, 5.74) is 2.51. The fourth-order valence-electron chi connectivity index (χ4n) is 2.76. The third-order valence-corrected chi connectivity index (χ3v) is 4.00. The first-order valence-electron chi connectivity index (χ1n) is 7.79. The summed E-state index contributed by atoms with van der Waals surface area (Å²) >= 11 is 0. The summed E-state index contributed by atoms with van der Waals surface area (Å²) in [6.07, 6.45) is 0.866. The van der Waals surface area contributed by atoms with E-state index in [9.17, 15) is 4.79 Å². The van der Waals surface area contributed by atoms with E-state index in [1.807, 2.05) is 19.1 Å². The minimum atomic E-state index is -0.0997. The van der Waals surface area contributed by atoms with Gasteiger partial charge in [0.1, 0.15) is 11.5 Å². The molecule has 0 radical (unpaired) electrons. The zero-order valence-electron chi connectivity index (χ0n) is 13.5. The van der Waals surface area contributed by atoms with Crippen molar-refractivity contribution in [3.63, 3.8) is 0 Å². The summed E-state index contributed by atoms with van der Waals surface area (Å²) in [5.74, 6) is 1.49. The number of nitrogens with one attached hydrogen (secondary N) is 2. The maximum atomic E-state index is 12.9. The monoisotopic (exact) mass is 318 g/mol. The van der Waals surface area contributed by atoms with Gasteiger partial charge in [-0.2, -0.15) is 5.10 Å². The normalized spacial score (nSPS) is 13.8. The van der Waals surface area contributed by atoms with E-state index >= 15 is 0 Å². The summed E-state index contributed by atoms with van der Waals surface area (Å²) in [7, 11) is 1.63. The molecule has 0 saturated heterocycles. The highest BCUT2D eigenvalue weighted by atomic mass is 16.5. The average Bonchev–Trinajstić information content (AvgIpc) is 3.17. The molecular weight excluding hydrogens is 296 g/mol. The number of nitrogens with zero attached hydrogens (tertiary/aromatic N) is 2. The van der Waals surface area contributed by atoms with Crippen LogP contribution in [-0.4, -0.2) is 47.8 Å². The van der Waals surface area contributed by atoms with Crippen LogP contribution in [0.3, 0.4) is 0 Å². The summed E-state index contributed by atoms with van der Waals surface area (Å²) < 4.78 is 10.7. The predicted octanol–water partition coefficient (Wildman–Crippen LogP) is 1.25. The van der Waals surface area contributed by atoms with Crippen molar-refractivity contribution in [3.8, 4) is 0 Å². The highest BCUT2D eigenvalue weighted by Gasteiger charge is 2.26. The molecule has 1 aliphatic heterocycles. The lowest BCUT2D eigenvalue weighted by atomic mass is 10.1. The molecule has 7 heteroatoms. The number of aromatic amines is 1. The van der Waals surface area contributed by atoms with Gasteiger partial charge in [0, 0.05) is 44.4 Å². The Labute approximate surface area is 135 Å². The average molecular weight is 318 g/mol. The van der Waals surface area contributed by atoms with Gasteiger partial charge in [-0.1, -0.05) is 0 Å². The van der Waals surface area contributed by atoms with Crippen molar-refractivity contribution in [2.75, 3.05) is 26.8 Å². The number of hydrogen-bond donors (Lipinski definition) is 2. The third kappa shape index (κ3) is 3.46. The molecule has 0 unspecified atom stereocenters. The van der Waals surface area contributed by atoms with E-state index in [-0.39, 0.29) is 5.91 Å². The predicted molar refractivity (Wildman–Crippen MR) is 84.1 cm³/mol. The summed E-state index contributed by atoms with van der Waals surface area (Å²) in [6, 6.07) is 3.79. The summed E-state index contributed by atoms with van der Waals surface area (Å²) in [5, 5.41) is 10.5. The van der Waals surface area contributed by atoms with Crippen molar-refractivity contribution < 1.29 is 13.9 Å². The van der Waals surface area contributed by atoms with Crippen LogP contribution in [0.25, 0.3) is 0 Å². The van der Waals surface area contributed by atoms with E-state index in [0.29, 0.717) is 31.9 Å². The fraction of sp³-hybridized carbons (Fsp3) is 0.500. The Morgan fingerprint density at radius 2 is 2.35 bits per heavy atom. The minimum Gasteiger partial charge on any atom is -0.464 e. The fourth-order valence-corrected chi connectivity index (χ4v) is 2.76. The molecule has 3 rings (SSSR count). The van der Waals surface area contributed by atoms with Crippen molar-refractivity contribution in [3.05, 3.63) is 40.6 Å². The molecule has 23 heavy (non-hydrogen) atoms. The van der Waals surface area contributed by atoms with Crippen LogP contribution in [0, 0.1) is 6.92 Å². The maximum Gasteiger partial charge on any atom is 0.275 e. The van der Waals surface area contributed by atoms with Crippen molar-refractivity contribution in [2.45, 2.75) is 26.4 Å². The molecule has 2 N–H and O–H groups in total. The number of aryl methyl sites for hydroxylation is 1. The number of methoxy groups -OCH3 is 1. The molecule has 0 atom stereocenters. The highest BCUT2D eigenvalue weighted by molar-refractivity contribution is 5.94. The van der Waals surface area contributed by atoms with E-state index in [1.54, 1.807) is 12.0 Å². The smallest absolute Gasteiger partial charge is 0.275 e. The lowest BCUT2D eigenvalue weighted by Crippen LogP contribution is -2.35. The van der Waals surface area contributed by atoms with E-state index in [2.05, 4.69) is 15.5 Å². The first-order valence-corrected chi connectivity index (χ1v) is 7.79. The molecule has 124 valence electrons. The topological polar surface area (TPSA) is 83.4 Å². The summed E-state index contributed by atoms with van der Waals surface area (Å²) in [4.78, 5) is 14.6. The third-order valence-electron chi connectivity index (χ3n) is 4.00. The second-order valence-corrected chi connectivity index (χ2v) is 5.69. The number of H-pyrrole nitrogens is 1. The molecule has 1 amide bonds. The largest absolute Gasteiger partial charge is 0.464 e. The standard InChI is InChI=1S/C16H22N4O3/c1-11-3-4-12(23-11)10-20(7-8-22-2)16(21)15-13-9-17-6-5-14(13)18-19-15/h3-4,17H,5-10H2,1-2H3,(H,18,19). The molecular formula is C16H22N4O3. The van der Waals surface area contributed by atoms with Crippen LogP contribution in [0.15, 0.2) is 16.5 Å². The lowest BCUT2D eigenvalue weighted by Gasteiger charge is -2.21. The SMILES string of the molecule is COCCN(Cc1ccc(C)o1)C(=O)c1n[nH]c2c1CNCC2. The quantitative estimate of drug-likeness (QED) is 0.837. The van der Waals surface area contributed by atoms with Crippen LogP contribution in [0.5, 0.6) is 0 Å². The van der Waals surface area contributed by atoms with Crippen LogP contribution in [0.1, 0.15) is 33.3 Å². The molecule has 1 aliphatic rings. The van der Waals surface area contributed by atoms with Crippen molar-refractivity contribution >= 4 is 5.91 Å². The van der Waals surface area contributed by atoms with Crippen molar-refractivity contribution in [1.82, 2.24) is 20.4 Å². The van der Waals surface area contributed by atoms with Gasteiger partial charge in [-0.25, -0.2) is 0 Å². The molecule has 0 spiro atoms. The van der Waals surface area contributed by atoms with Gasteiger partial charge in [0.05, 0.1) is 13.2 Å². The number of fused-ring (bicyclic) bond motifs is 1. The van der Waals surface area contributed by atoms with E-state index in [1.165, 1.54) is 0 Å². The van der Waals surface area contributed by atoms with Gasteiger partial charge < -0.3 is 19.4 Å². The van der Waals surface area contributed by atoms with E-state index in [0.717, 1.165) is 35.7 Å². The van der Waals surface area contributed by atoms with Crippen LogP contribution in [0.4, 0.5) is 0 Å². The number of hydrogen-bond acceptors (Lipinski definition) is 5. The van der Waals surface area contributed by atoms with Crippen LogP contribution >= 0.6 is 0 Å². The molecule has 0 aromatic carbocycles. The molecule has 0 saturated carbocycles. The van der Waals surface area contributed by atoms with Gasteiger partial charge in [0.15, 0.2) is 5.69 Å². The molecule has 7 nitrogen and oxygen atoms in total. The van der Waals surface area contributed by atoms with Crippen LogP contribution < -0.4 is 5.32 Å². The number of ether oxygens (including phenoxy) is 1. The molecule has 0 aliphatic carbocycles. The zero-order valence-corrected chi connectivity index (χ0v) is 13.5. The highest BCUT2D eigenvalue weighted by Crippen LogP contribution is 2.18. The minimum absolute atomic E-state index is 0.0997. The molecule has 0 bridgehead atoms. The van der Waals surface area contributed by atoms with Crippen LogP contribution in [0.2, 0.25) is 0 Å². The molecule has 2 aromatic rings. The first kappa shape index (κ1) is 15.8. The van der Waals surface area contributed by atoms with E-state index < -0.39 is 0 Å². The number of carbonyl (C=O) groups excluding carboxylic acids is 1. The van der Waals surface area contributed by atoms with Crippen molar-refractivity contribution in [2.24, 2.45) is 0 Å². The Morgan fingerprint density at radius 1 is 1.48 bits per heavy atom. The van der Waals surface area contributed by atoms with Gasteiger partial charge in [-0.3, -0.25) is 9.89 Å². The number of rotatable bonds is 6. The summed E-state index contributed by atoms with van der Waals surface area (Å²) in [6.45, 7) is 4.83. The van der Waals surface area contributed by atoms with Gasteiger partial charge in [-0.15, -0.1) is 0 Å². The first-order chi connectivity index (χ1) is 11.2.